The molecule has 0 radical (unpaired) electrons. The van der Waals surface area contributed by atoms with E-state index in [4.69, 9.17) is 0 Å². The first-order valence-electron chi connectivity index (χ1n) is 8.81. The minimum Gasteiger partial charge on any atom is -0.0622 e. The molecule has 0 saturated heterocycles. The zero-order valence-corrected chi connectivity index (χ0v) is 15.8. The van der Waals surface area contributed by atoms with Gasteiger partial charge in [0.2, 0.25) is 0 Å². The van der Waals surface area contributed by atoms with Gasteiger partial charge < -0.3 is 0 Å². The summed E-state index contributed by atoms with van der Waals surface area (Å²) in [4.78, 5) is 0. The van der Waals surface area contributed by atoms with Crippen molar-refractivity contribution in [3.8, 4) is 11.1 Å². The van der Waals surface area contributed by atoms with Crippen molar-refractivity contribution >= 4 is 10.8 Å². The topological polar surface area (TPSA) is 0 Å². The van der Waals surface area contributed by atoms with Crippen LogP contribution in [0.15, 0.2) is 60.7 Å². The van der Waals surface area contributed by atoms with Crippen LogP contribution >= 0.6 is 0 Å². The molecule has 0 aliphatic rings. The summed E-state index contributed by atoms with van der Waals surface area (Å²) < 4.78 is 0. The third-order valence-corrected chi connectivity index (χ3v) is 4.76. The fraction of sp³-hybridized carbons (Fsp3) is 0.333. The highest BCUT2D eigenvalue weighted by molar-refractivity contribution is 5.99. The van der Waals surface area contributed by atoms with E-state index in [-0.39, 0.29) is 10.8 Å². The van der Waals surface area contributed by atoms with Gasteiger partial charge in [0.25, 0.3) is 0 Å². The molecule has 0 saturated carbocycles. The molecule has 3 aromatic rings. The van der Waals surface area contributed by atoms with Gasteiger partial charge in [0.05, 0.1) is 0 Å². The van der Waals surface area contributed by atoms with Crippen LogP contribution in [0, 0.1) is 0 Å². The lowest BCUT2D eigenvalue weighted by atomic mass is 9.78. The Bertz CT molecular complexity index is 856. The number of hydrogen-bond donors (Lipinski definition) is 0. The molecule has 124 valence electrons. The van der Waals surface area contributed by atoms with Crippen molar-refractivity contribution in [3.05, 3.63) is 71.8 Å². The van der Waals surface area contributed by atoms with Crippen LogP contribution in [0.25, 0.3) is 21.9 Å². The second kappa shape index (κ2) is 5.77. The summed E-state index contributed by atoms with van der Waals surface area (Å²) in [6.45, 7) is 13.7. The van der Waals surface area contributed by atoms with E-state index in [0.717, 1.165) is 0 Å². The van der Waals surface area contributed by atoms with Crippen LogP contribution in [0.2, 0.25) is 0 Å². The molecule has 0 spiro atoms. The van der Waals surface area contributed by atoms with Crippen molar-refractivity contribution < 1.29 is 0 Å². The van der Waals surface area contributed by atoms with Gasteiger partial charge in [-0.2, -0.15) is 0 Å². The third kappa shape index (κ3) is 3.11. The molecule has 0 N–H and O–H groups in total. The van der Waals surface area contributed by atoms with Gasteiger partial charge in [-0.25, -0.2) is 0 Å². The van der Waals surface area contributed by atoms with Crippen LogP contribution in [0.1, 0.15) is 52.7 Å². The first-order chi connectivity index (χ1) is 11.2. The monoisotopic (exact) mass is 316 g/mol. The van der Waals surface area contributed by atoms with Crippen molar-refractivity contribution in [1.29, 1.82) is 0 Å². The molecule has 0 aromatic heterocycles. The maximum atomic E-state index is 2.36. The lowest BCUT2D eigenvalue weighted by Gasteiger charge is -2.26. The highest BCUT2D eigenvalue weighted by Gasteiger charge is 2.21. The number of rotatable bonds is 1. The molecule has 0 bridgehead atoms. The minimum absolute atomic E-state index is 0.113. The molecular weight excluding hydrogens is 288 g/mol. The van der Waals surface area contributed by atoms with Crippen molar-refractivity contribution in [2.24, 2.45) is 0 Å². The normalized spacial score (nSPS) is 12.6. The van der Waals surface area contributed by atoms with Crippen LogP contribution in [-0.2, 0) is 10.8 Å². The molecule has 0 nitrogen and oxygen atoms in total. The second-order valence-corrected chi connectivity index (χ2v) is 8.79. The van der Waals surface area contributed by atoms with Crippen LogP contribution in [-0.4, -0.2) is 0 Å². The Kier molecular flexibility index (Phi) is 4.03. The molecule has 0 aliphatic carbocycles. The van der Waals surface area contributed by atoms with E-state index < -0.39 is 0 Å². The lowest BCUT2D eigenvalue weighted by molar-refractivity contribution is 0.590. The Morgan fingerprint density at radius 2 is 1.29 bits per heavy atom. The summed E-state index contributed by atoms with van der Waals surface area (Å²) in [6, 6.07) is 22.4. The number of fused-ring (bicyclic) bond motifs is 1. The van der Waals surface area contributed by atoms with Crippen molar-refractivity contribution in [2.45, 2.75) is 52.4 Å². The van der Waals surface area contributed by atoms with E-state index in [2.05, 4.69) is 102 Å². The van der Waals surface area contributed by atoms with E-state index in [1.807, 2.05) is 0 Å². The van der Waals surface area contributed by atoms with E-state index >= 15 is 0 Å². The summed E-state index contributed by atoms with van der Waals surface area (Å²) in [6.07, 6.45) is 0. The fourth-order valence-corrected chi connectivity index (χ4v) is 3.34. The first kappa shape index (κ1) is 16.8. The molecule has 3 aromatic carbocycles. The summed E-state index contributed by atoms with van der Waals surface area (Å²) in [5.74, 6) is 0. The molecule has 0 fully saturated rings. The van der Waals surface area contributed by atoms with Gasteiger partial charge in [0.15, 0.2) is 0 Å². The minimum atomic E-state index is 0.113. The van der Waals surface area contributed by atoms with Crippen LogP contribution in [0.5, 0.6) is 0 Å². The van der Waals surface area contributed by atoms with E-state index in [9.17, 15) is 0 Å². The molecule has 0 heteroatoms. The zero-order valence-electron chi connectivity index (χ0n) is 15.8. The van der Waals surface area contributed by atoms with Gasteiger partial charge in [-0.15, -0.1) is 0 Å². The average Bonchev–Trinajstić information content (AvgIpc) is 2.52. The fourth-order valence-electron chi connectivity index (χ4n) is 3.34. The quantitative estimate of drug-likeness (QED) is 0.449. The van der Waals surface area contributed by atoms with Crippen molar-refractivity contribution in [3.63, 3.8) is 0 Å². The summed E-state index contributed by atoms with van der Waals surface area (Å²) >= 11 is 0. The predicted molar refractivity (Wildman–Crippen MR) is 107 cm³/mol. The molecule has 3 rings (SSSR count). The lowest BCUT2D eigenvalue weighted by Crippen LogP contribution is -2.13. The highest BCUT2D eigenvalue weighted by atomic mass is 14.3. The molecule has 0 aliphatic heterocycles. The Morgan fingerprint density at radius 3 is 1.88 bits per heavy atom. The van der Waals surface area contributed by atoms with Gasteiger partial charge in [0.1, 0.15) is 0 Å². The van der Waals surface area contributed by atoms with Crippen LogP contribution < -0.4 is 0 Å². The van der Waals surface area contributed by atoms with E-state index in [1.165, 1.54) is 33.0 Å². The maximum absolute atomic E-state index is 2.36. The van der Waals surface area contributed by atoms with Gasteiger partial charge >= 0.3 is 0 Å². The van der Waals surface area contributed by atoms with Crippen molar-refractivity contribution in [1.82, 2.24) is 0 Å². The second-order valence-electron chi connectivity index (χ2n) is 8.79. The summed E-state index contributed by atoms with van der Waals surface area (Å²) in [5.41, 5.74) is 5.76. The Labute approximate surface area is 146 Å². The van der Waals surface area contributed by atoms with Gasteiger partial charge in [0, 0.05) is 0 Å². The smallest absolute Gasteiger partial charge is 0.00680 e. The van der Waals surface area contributed by atoms with Crippen LogP contribution in [0.4, 0.5) is 0 Å². The molecule has 0 heterocycles. The van der Waals surface area contributed by atoms with Crippen molar-refractivity contribution in [2.75, 3.05) is 0 Å². The Morgan fingerprint density at radius 1 is 0.625 bits per heavy atom. The molecule has 24 heavy (non-hydrogen) atoms. The number of benzene rings is 3. The Hall–Kier alpha value is -2.08. The van der Waals surface area contributed by atoms with Gasteiger partial charge in [-0.1, -0.05) is 102 Å². The van der Waals surface area contributed by atoms with E-state index in [1.54, 1.807) is 0 Å². The SMILES string of the molecule is CC(C)(C)c1ccc2c(-c3ccccc3)c(C(C)(C)C)ccc2c1. The van der Waals surface area contributed by atoms with Crippen LogP contribution in [0.3, 0.4) is 0 Å². The standard InChI is InChI=1S/C24H28/c1-23(2,3)19-13-14-20-18(16-19)12-15-21(24(4,5)6)22(20)17-10-8-7-9-11-17/h7-16H,1-6H3. The highest BCUT2D eigenvalue weighted by Crippen LogP contribution is 2.39. The first-order valence-corrected chi connectivity index (χ1v) is 8.81. The predicted octanol–water partition coefficient (Wildman–Crippen LogP) is 7.10. The Balaban J connectivity index is 2.35. The van der Waals surface area contributed by atoms with E-state index in [0.29, 0.717) is 0 Å². The van der Waals surface area contributed by atoms with Gasteiger partial charge in [-0.3, -0.25) is 0 Å². The average molecular weight is 316 g/mol. The molecule has 0 atom stereocenters. The summed E-state index contributed by atoms with van der Waals surface area (Å²) in [5, 5.41) is 2.68. The molecule has 0 amide bonds. The molecular formula is C24H28. The molecule has 0 unspecified atom stereocenters. The summed E-state index contributed by atoms with van der Waals surface area (Å²) in [7, 11) is 0. The largest absolute Gasteiger partial charge is 0.0622 e. The third-order valence-electron chi connectivity index (χ3n) is 4.76. The maximum Gasteiger partial charge on any atom is -0.00680 e. The zero-order chi connectivity index (χ0) is 17.5. The van der Waals surface area contributed by atoms with Gasteiger partial charge in [-0.05, 0) is 43.9 Å². The number of hydrogen-bond acceptors (Lipinski definition) is 0.